The highest BCUT2D eigenvalue weighted by atomic mass is 32.2. The fourth-order valence-corrected chi connectivity index (χ4v) is 3.02. The van der Waals surface area contributed by atoms with E-state index in [0.717, 1.165) is 44.9 Å². The summed E-state index contributed by atoms with van der Waals surface area (Å²) in [6, 6.07) is -0.420. The quantitative estimate of drug-likeness (QED) is 0.707. The van der Waals surface area contributed by atoms with Gasteiger partial charge in [-0.05, 0) is 25.2 Å². The summed E-state index contributed by atoms with van der Waals surface area (Å²) < 4.78 is 24.7. The molecule has 1 aliphatic heterocycles. The Hall–Kier alpha value is -0.660. The summed E-state index contributed by atoms with van der Waals surface area (Å²) in [6.45, 7) is 3.80. The molecule has 7 heteroatoms. The molecule has 0 aromatic carbocycles. The first kappa shape index (κ1) is 17.4. The lowest BCUT2D eigenvalue weighted by Gasteiger charge is -2.34. The SMILES string of the molecule is CCCC[C@H](N)C(=O)N1CCCC(CNS(C)(=O)=O)C1. The zero-order valence-electron chi connectivity index (χ0n) is 12.5. The van der Waals surface area contributed by atoms with Gasteiger partial charge >= 0.3 is 0 Å². The van der Waals surface area contributed by atoms with E-state index in [-0.39, 0.29) is 11.8 Å². The van der Waals surface area contributed by atoms with Gasteiger partial charge in [-0.15, -0.1) is 0 Å². The third-order valence-corrected chi connectivity index (χ3v) is 4.34. The van der Waals surface area contributed by atoms with Gasteiger partial charge in [0, 0.05) is 19.6 Å². The number of nitrogens with zero attached hydrogens (tertiary/aromatic N) is 1. The molecule has 1 unspecified atom stereocenters. The van der Waals surface area contributed by atoms with Crippen molar-refractivity contribution in [3.63, 3.8) is 0 Å². The largest absolute Gasteiger partial charge is 0.341 e. The van der Waals surface area contributed by atoms with E-state index in [1.54, 1.807) is 4.90 Å². The Balaban J connectivity index is 2.45. The molecule has 1 fully saturated rings. The Bertz CT molecular complexity index is 411. The van der Waals surface area contributed by atoms with Crippen molar-refractivity contribution in [2.45, 2.75) is 45.1 Å². The maximum atomic E-state index is 12.2. The third kappa shape index (κ3) is 6.19. The molecule has 1 heterocycles. The van der Waals surface area contributed by atoms with Crippen molar-refractivity contribution in [2.24, 2.45) is 11.7 Å². The molecular weight excluding hydrogens is 278 g/mol. The molecule has 0 saturated carbocycles. The van der Waals surface area contributed by atoms with E-state index in [1.807, 2.05) is 0 Å². The first-order valence-corrected chi connectivity index (χ1v) is 9.21. The summed E-state index contributed by atoms with van der Waals surface area (Å²) in [5.41, 5.74) is 5.92. The topological polar surface area (TPSA) is 92.5 Å². The number of piperidine rings is 1. The van der Waals surface area contributed by atoms with E-state index in [0.29, 0.717) is 13.1 Å². The van der Waals surface area contributed by atoms with Gasteiger partial charge in [0.15, 0.2) is 0 Å². The molecule has 0 aliphatic carbocycles. The number of sulfonamides is 1. The van der Waals surface area contributed by atoms with E-state index < -0.39 is 16.1 Å². The predicted octanol–water partition coefficient (Wildman–Crippen LogP) is 0.292. The van der Waals surface area contributed by atoms with Gasteiger partial charge in [-0.1, -0.05) is 19.8 Å². The fourth-order valence-electron chi connectivity index (χ4n) is 2.48. The molecule has 118 valence electrons. The zero-order chi connectivity index (χ0) is 15.2. The van der Waals surface area contributed by atoms with Crippen LogP contribution in [0.15, 0.2) is 0 Å². The Morgan fingerprint density at radius 1 is 1.50 bits per heavy atom. The van der Waals surface area contributed by atoms with Gasteiger partial charge in [-0.25, -0.2) is 13.1 Å². The van der Waals surface area contributed by atoms with Crippen LogP contribution < -0.4 is 10.5 Å². The number of nitrogens with two attached hydrogens (primary N) is 1. The molecule has 0 bridgehead atoms. The van der Waals surface area contributed by atoms with Crippen molar-refractivity contribution >= 4 is 15.9 Å². The molecule has 1 amide bonds. The number of nitrogens with one attached hydrogen (secondary N) is 1. The number of likely N-dealkylation sites (tertiary alicyclic amines) is 1. The number of rotatable bonds is 7. The number of amides is 1. The first-order valence-electron chi connectivity index (χ1n) is 7.32. The maximum Gasteiger partial charge on any atom is 0.239 e. The van der Waals surface area contributed by atoms with Crippen LogP contribution in [-0.4, -0.2) is 51.2 Å². The Kier molecular flexibility index (Phi) is 6.91. The molecule has 6 nitrogen and oxygen atoms in total. The molecule has 0 spiro atoms. The van der Waals surface area contributed by atoms with Crippen LogP contribution in [0.1, 0.15) is 39.0 Å². The Morgan fingerprint density at radius 3 is 2.80 bits per heavy atom. The molecular formula is C13H27N3O3S. The molecule has 0 aromatic rings. The number of hydrogen-bond acceptors (Lipinski definition) is 4. The van der Waals surface area contributed by atoms with Crippen molar-refractivity contribution < 1.29 is 13.2 Å². The standard InChI is InChI=1S/C13H27N3O3S/c1-3-4-7-12(14)13(17)16-8-5-6-11(10-16)9-15-20(2,18)19/h11-12,15H,3-10,14H2,1-2H3/t11?,12-/m0/s1. The second-order valence-corrected chi connectivity index (χ2v) is 7.49. The summed E-state index contributed by atoms with van der Waals surface area (Å²) >= 11 is 0. The normalized spacial score (nSPS) is 21.8. The van der Waals surface area contributed by atoms with E-state index >= 15 is 0 Å². The van der Waals surface area contributed by atoms with Crippen molar-refractivity contribution in [3.05, 3.63) is 0 Å². The smallest absolute Gasteiger partial charge is 0.239 e. The van der Waals surface area contributed by atoms with Gasteiger partial charge in [0.2, 0.25) is 15.9 Å². The second-order valence-electron chi connectivity index (χ2n) is 5.66. The minimum absolute atomic E-state index is 0.00232. The highest BCUT2D eigenvalue weighted by Crippen LogP contribution is 2.17. The predicted molar refractivity (Wildman–Crippen MR) is 79.7 cm³/mol. The van der Waals surface area contributed by atoms with Crippen molar-refractivity contribution in [1.29, 1.82) is 0 Å². The van der Waals surface area contributed by atoms with Gasteiger partial charge < -0.3 is 10.6 Å². The van der Waals surface area contributed by atoms with E-state index in [2.05, 4.69) is 11.6 Å². The van der Waals surface area contributed by atoms with Crippen LogP contribution in [0.4, 0.5) is 0 Å². The molecule has 1 aliphatic rings. The lowest BCUT2D eigenvalue weighted by molar-refractivity contribution is -0.134. The molecule has 1 rings (SSSR count). The number of unbranched alkanes of at least 4 members (excludes halogenated alkanes) is 1. The number of hydrogen-bond donors (Lipinski definition) is 2. The molecule has 2 atom stereocenters. The molecule has 1 saturated heterocycles. The zero-order valence-corrected chi connectivity index (χ0v) is 13.3. The van der Waals surface area contributed by atoms with Crippen LogP contribution in [0, 0.1) is 5.92 Å². The summed E-state index contributed by atoms with van der Waals surface area (Å²) in [7, 11) is -3.17. The van der Waals surface area contributed by atoms with Crippen LogP contribution in [-0.2, 0) is 14.8 Å². The number of carbonyl (C=O) groups excluding carboxylic acids is 1. The van der Waals surface area contributed by atoms with Crippen molar-refractivity contribution in [3.8, 4) is 0 Å². The Morgan fingerprint density at radius 2 is 2.20 bits per heavy atom. The highest BCUT2D eigenvalue weighted by molar-refractivity contribution is 7.88. The molecule has 0 radical (unpaired) electrons. The second kappa shape index (κ2) is 7.95. The average Bonchev–Trinajstić information content (AvgIpc) is 2.41. The molecule has 0 aromatic heterocycles. The van der Waals surface area contributed by atoms with Crippen molar-refractivity contribution in [1.82, 2.24) is 9.62 Å². The summed E-state index contributed by atoms with van der Waals surface area (Å²) in [4.78, 5) is 14.0. The summed E-state index contributed by atoms with van der Waals surface area (Å²) in [5.74, 6) is 0.184. The minimum Gasteiger partial charge on any atom is -0.341 e. The number of carbonyl (C=O) groups is 1. The third-order valence-electron chi connectivity index (χ3n) is 3.65. The van der Waals surface area contributed by atoms with E-state index in [9.17, 15) is 13.2 Å². The highest BCUT2D eigenvalue weighted by Gasteiger charge is 2.27. The summed E-state index contributed by atoms with van der Waals surface area (Å²) in [5, 5.41) is 0. The van der Waals surface area contributed by atoms with Crippen LogP contribution in [0.3, 0.4) is 0 Å². The maximum absolute atomic E-state index is 12.2. The molecule has 20 heavy (non-hydrogen) atoms. The fraction of sp³-hybridized carbons (Fsp3) is 0.923. The average molecular weight is 305 g/mol. The van der Waals surface area contributed by atoms with Crippen LogP contribution in [0.2, 0.25) is 0 Å². The van der Waals surface area contributed by atoms with Gasteiger partial charge in [0.25, 0.3) is 0 Å². The summed E-state index contributed by atoms with van der Waals surface area (Å²) in [6.07, 6.45) is 5.71. The van der Waals surface area contributed by atoms with Crippen LogP contribution >= 0.6 is 0 Å². The first-order chi connectivity index (χ1) is 9.33. The monoisotopic (exact) mass is 305 g/mol. The van der Waals surface area contributed by atoms with E-state index in [4.69, 9.17) is 5.73 Å². The van der Waals surface area contributed by atoms with Gasteiger partial charge in [0.1, 0.15) is 0 Å². The van der Waals surface area contributed by atoms with Gasteiger partial charge in [-0.2, -0.15) is 0 Å². The molecule has 3 N–H and O–H groups in total. The van der Waals surface area contributed by atoms with Crippen molar-refractivity contribution in [2.75, 3.05) is 25.9 Å². The van der Waals surface area contributed by atoms with Crippen LogP contribution in [0.5, 0.6) is 0 Å². The van der Waals surface area contributed by atoms with E-state index in [1.165, 1.54) is 0 Å². The van der Waals surface area contributed by atoms with Gasteiger partial charge in [-0.3, -0.25) is 4.79 Å². The lowest BCUT2D eigenvalue weighted by atomic mass is 9.97. The minimum atomic E-state index is -3.17. The van der Waals surface area contributed by atoms with Gasteiger partial charge in [0.05, 0.1) is 12.3 Å². The Labute approximate surface area is 122 Å². The lowest BCUT2D eigenvalue weighted by Crippen LogP contribution is -2.49. The van der Waals surface area contributed by atoms with Crippen LogP contribution in [0.25, 0.3) is 0 Å².